The summed E-state index contributed by atoms with van der Waals surface area (Å²) in [5.41, 5.74) is 4.93. The van der Waals surface area contributed by atoms with Crippen molar-refractivity contribution in [2.75, 3.05) is 12.3 Å². The van der Waals surface area contributed by atoms with E-state index in [4.69, 9.17) is 15.2 Å². The van der Waals surface area contributed by atoms with Crippen LogP contribution in [0.25, 0.3) is 0 Å². The molecule has 0 unspecified atom stereocenters. The summed E-state index contributed by atoms with van der Waals surface area (Å²) in [4.78, 5) is 27.5. The maximum Gasteiger partial charge on any atom is 0.351 e. The molecule has 1 aromatic rings. The third kappa shape index (κ3) is 3.76. The largest absolute Gasteiger partial charge is 0.463 e. The highest BCUT2D eigenvalue weighted by Crippen LogP contribution is 2.29. The van der Waals surface area contributed by atoms with Gasteiger partial charge in [0.1, 0.15) is 24.8 Å². The first kappa shape index (κ1) is 16.9. The van der Waals surface area contributed by atoms with Crippen molar-refractivity contribution in [1.82, 2.24) is 9.55 Å². The van der Waals surface area contributed by atoms with Crippen LogP contribution in [0.2, 0.25) is 0 Å². The van der Waals surface area contributed by atoms with E-state index in [9.17, 15) is 14.7 Å². The van der Waals surface area contributed by atoms with E-state index in [1.165, 1.54) is 23.3 Å². The molecule has 24 heavy (non-hydrogen) atoms. The molecule has 2 heterocycles. The van der Waals surface area contributed by atoms with Crippen LogP contribution in [-0.2, 0) is 14.3 Å². The highest BCUT2D eigenvalue weighted by atomic mass is 16.6. The quantitative estimate of drug-likeness (QED) is 0.773. The Labute approximate surface area is 139 Å². The van der Waals surface area contributed by atoms with Crippen LogP contribution in [0.3, 0.4) is 0 Å². The van der Waals surface area contributed by atoms with Gasteiger partial charge in [0.2, 0.25) is 0 Å². The number of nitrogens with two attached hydrogens (primary N) is 1. The van der Waals surface area contributed by atoms with Gasteiger partial charge in [-0.05, 0) is 18.9 Å². The Hall–Kier alpha value is -1.93. The monoisotopic (exact) mass is 337 g/mol. The number of hydrogen-bond donors (Lipinski definition) is 2. The third-order valence-corrected chi connectivity index (χ3v) is 4.69. The number of anilines is 1. The fraction of sp³-hybridized carbons (Fsp3) is 0.688. The van der Waals surface area contributed by atoms with Crippen molar-refractivity contribution in [3.05, 3.63) is 22.7 Å². The molecule has 0 radical (unpaired) electrons. The summed E-state index contributed by atoms with van der Waals surface area (Å²) in [7, 11) is 0. The molecule has 1 aliphatic heterocycles. The van der Waals surface area contributed by atoms with Crippen LogP contribution in [-0.4, -0.2) is 39.4 Å². The van der Waals surface area contributed by atoms with Crippen LogP contribution < -0.4 is 11.4 Å². The van der Waals surface area contributed by atoms with Crippen LogP contribution >= 0.6 is 0 Å². The molecule has 0 spiro atoms. The number of aromatic nitrogens is 2. The first-order chi connectivity index (χ1) is 11.5. The lowest BCUT2D eigenvalue weighted by Gasteiger charge is -2.21. The molecule has 0 bridgehead atoms. The van der Waals surface area contributed by atoms with Gasteiger partial charge in [0.05, 0.1) is 12.0 Å². The normalized spacial score (nSPS) is 28.0. The van der Waals surface area contributed by atoms with Gasteiger partial charge in [-0.25, -0.2) is 4.79 Å². The van der Waals surface area contributed by atoms with Gasteiger partial charge in [0, 0.05) is 12.6 Å². The number of ether oxygens (including phenoxy) is 2. The molecular weight excluding hydrogens is 314 g/mol. The summed E-state index contributed by atoms with van der Waals surface area (Å²) >= 11 is 0. The van der Waals surface area contributed by atoms with Gasteiger partial charge >= 0.3 is 11.7 Å². The Balaban J connectivity index is 1.55. The Bertz CT molecular complexity index is 641. The van der Waals surface area contributed by atoms with Gasteiger partial charge in [0.25, 0.3) is 0 Å². The Morgan fingerprint density at radius 1 is 1.42 bits per heavy atom. The van der Waals surface area contributed by atoms with Gasteiger partial charge in [-0.15, -0.1) is 0 Å². The fourth-order valence-electron chi connectivity index (χ4n) is 3.30. The Morgan fingerprint density at radius 3 is 2.88 bits per heavy atom. The van der Waals surface area contributed by atoms with Crippen LogP contribution in [0.5, 0.6) is 0 Å². The number of esters is 1. The number of aliphatic hydroxyl groups is 1. The molecule has 1 saturated carbocycles. The van der Waals surface area contributed by atoms with Gasteiger partial charge in [0.15, 0.2) is 0 Å². The second kappa shape index (κ2) is 7.31. The van der Waals surface area contributed by atoms with E-state index in [0.29, 0.717) is 0 Å². The second-order valence-electron chi connectivity index (χ2n) is 6.44. The smallest absolute Gasteiger partial charge is 0.351 e. The van der Waals surface area contributed by atoms with Crippen molar-refractivity contribution in [2.45, 2.75) is 57.0 Å². The van der Waals surface area contributed by atoms with Crippen LogP contribution in [0, 0.1) is 5.92 Å². The Kier molecular flexibility index (Phi) is 5.15. The van der Waals surface area contributed by atoms with E-state index in [2.05, 4.69) is 4.98 Å². The third-order valence-electron chi connectivity index (χ3n) is 4.69. The topological polar surface area (TPSA) is 117 Å². The number of rotatable bonds is 4. The van der Waals surface area contributed by atoms with Crippen molar-refractivity contribution in [3.63, 3.8) is 0 Å². The molecule has 0 amide bonds. The number of nitrogens with zero attached hydrogens (tertiary/aromatic N) is 2. The predicted octanol–water partition coefficient (Wildman–Crippen LogP) is 0.597. The summed E-state index contributed by atoms with van der Waals surface area (Å²) in [5, 5.41) is 10.1. The molecule has 1 aromatic heterocycles. The molecule has 1 aliphatic carbocycles. The highest BCUT2D eigenvalue weighted by molar-refractivity contribution is 5.72. The molecule has 2 fully saturated rings. The molecular formula is C16H23N3O5. The average molecular weight is 337 g/mol. The summed E-state index contributed by atoms with van der Waals surface area (Å²) in [6.45, 7) is -0.00977. The number of aliphatic hydroxyl groups excluding tert-OH is 1. The van der Waals surface area contributed by atoms with Crippen LogP contribution in [0.4, 0.5) is 5.82 Å². The number of hydrogen-bond acceptors (Lipinski definition) is 7. The lowest BCUT2D eigenvalue weighted by atomic mass is 9.89. The molecule has 1 saturated heterocycles. The van der Waals surface area contributed by atoms with E-state index < -0.39 is 24.1 Å². The van der Waals surface area contributed by atoms with Crippen molar-refractivity contribution >= 4 is 11.8 Å². The zero-order chi connectivity index (χ0) is 17.1. The van der Waals surface area contributed by atoms with Gasteiger partial charge in [-0.1, -0.05) is 19.3 Å². The zero-order valence-corrected chi connectivity index (χ0v) is 13.5. The van der Waals surface area contributed by atoms with Crippen LogP contribution in [0.1, 0.15) is 44.8 Å². The molecule has 3 atom stereocenters. The average Bonchev–Trinajstić information content (AvgIpc) is 2.94. The molecule has 8 heteroatoms. The van der Waals surface area contributed by atoms with E-state index in [1.54, 1.807) is 0 Å². The van der Waals surface area contributed by atoms with Crippen molar-refractivity contribution in [1.29, 1.82) is 0 Å². The highest BCUT2D eigenvalue weighted by Gasteiger charge is 2.36. The first-order valence-corrected chi connectivity index (χ1v) is 8.39. The van der Waals surface area contributed by atoms with Crippen molar-refractivity contribution in [3.8, 4) is 0 Å². The lowest BCUT2D eigenvalue weighted by Crippen LogP contribution is -2.31. The van der Waals surface area contributed by atoms with E-state index >= 15 is 0 Å². The summed E-state index contributed by atoms with van der Waals surface area (Å²) in [6.07, 6.45) is 4.62. The van der Waals surface area contributed by atoms with E-state index in [0.717, 1.165) is 25.7 Å². The zero-order valence-electron chi connectivity index (χ0n) is 13.5. The first-order valence-electron chi connectivity index (χ1n) is 8.39. The molecule has 3 rings (SSSR count). The van der Waals surface area contributed by atoms with Crippen molar-refractivity contribution in [2.24, 2.45) is 5.92 Å². The van der Waals surface area contributed by atoms with E-state index in [-0.39, 0.29) is 30.7 Å². The van der Waals surface area contributed by atoms with Gasteiger partial charge in [-0.3, -0.25) is 9.36 Å². The van der Waals surface area contributed by atoms with Gasteiger partial charge in [-0.2, -0.15) is 4.98 Å². The molecule has 0 aromatic carbocycles. The predicted molar refractivity (Wildman–Crippen MR) is 85.0 cm³/mol. The van der Waals surface area contributed by atoms with E-state index in [1.807, 2.05) is 0 Å². The number of carbonyl (C=O) groups excluding carboxylic acids is 1. The maximum absolute atomic E-state index is 12.1. The molecule has 132 valence electrons. The lowest BCUT2D eigenvalue weighted by molar-refractivity contribution is -0.156. The number of carbonyl (C=O) groups is 1. The molecule has 3 N–H and O–H groups in total. The summed E-state index contributed by atoms with van der Waals surface area (Å²) < 4.78 is 12.3. The van der Waals surface area contributed by atoms with Crippen molar-refractivity contribution < 1.29 is 19.4 Å². The number of nitrogen functional groups attached to an aromatic ring is 1. The molecule has 2 aliphatic rings. The summed E-state index contributed by atoms with van der Waals surface area (Å²) in [5.74, 6) is -0.134. The minimum Gasteiger partial charge on any atom is -0.463 e. The van der Waals surface area contributed by atoms with Gasteiger partial charge < -0.3 is 20.3 Å². The Morgan fingerprint density at radius 2 is 2.17 bits per heavy atom. The minimum absolute atomic E-state index is 0.00977. The minimum atomic E-state index is -0.807. The summed E-state index contributed by atoms with van der Waals surface area (Å²) in [6, 6.07) is 1.49. The maximum atomic E-state index is 12.1. The SMILES string of the molecule is Nc1ccn([C@H]2C[C@H](O)[C@@H](COC(=O)C3CCCCC3)O2)c(=O)n1. The second-order valence-corrected chi connectivity index (χ2v) is 6.44. The fourth-order valence-corrected chi connectivity index (χ4v) is 3.30. The standard InChI is InChI=1S/C16H23N3O5/c17-13-6-7-19(16(22)18-13)14-8-11(20)12(24-14)9-23-15(21)10-4-2-1-3-5-10/h6-7,10-12,14,20H,1-5,8-9H2,(H2,17,18,22)/t11-,12+,14+/m0/s1. The molecule has 8 nitrogen and oxygen atoms in total. The van der Waals surface area contributed by atoms with Crippen LogP contribution in [0.15, 0.2) is 17.1 Å².